The van der Waals surface area contributed by atoms with Crippen LogP contribution in [0.1, 0.15) is 67.8 Å². The number of aryl methyl sites for hydroxylation is 3. The van der Waals surface area contributed by atoms with Crippen molar-refractivity contribution in [3.8, 4) is 5.75 Å². The molecule has 3 rings (SSSR count). The summed E-state index contributed by atoms with van der Waals surface area (Å²) in [5.41, 5.74) is 5.03. The molecule has 0 saturated carbocycles. The first kappa shape index (κ1) is 20.7. The van der Waals surface area contributed by atoms with E-state index in [1.165, 1.54) is 36.0 Å². The lowest BCUT2D eigenvalue weighted by atomic mass is 9.88. The number of amides is 1. The summed E-state index contributed by atoms with van der Waals surface area (Å²) in [7, 11) is 0. The van der Waals surface area contributed by atoms with Gasteiger partial charge in [-0.25, -0.2) is 0 Å². The fourth-order valence-corrected chi connectivity index (χ4v) is 3.95. The molecule has 150 valence electrons. The van der Waals surface area contributed by atoms with E-state index in [4.69, 9.17) is 16.3 Å². The van der Waals surface area contributed by atoms with Gasteiger partial charge in [0, 0.05) is 5.02 Å². The molecule has 1 N–H and O–H groups in total. The lowest BCUT2D eigenvalue weighted by Gasteiger charge is -2.24. The molecular weight excluding hydrogens is 370 g/mol. The fourth-order valence-electron chi connectivity index (χ4n) is 3.83. The highest BCUT2D eigenvalue weighted by Gasteiger charge is 2.23. The van der Waals surface area contributed by atoms with E-state index in [0.717, 1.165) is 18.4 Å². The van der Waals surface area contributed by atoms with Crippen LogP contribution in [-0.2, 0) is 17.6 Å². The molecule has 0 spiro atoms. The number of rotatable bonds is 7. The Labute approximate surface area is 173 Å². The monoisotopic (exact) mass is 399 g/mol. The van der Waals surface area contributed by atoms with Crippen molar-refractivity contribution >= 4 is 17.5 Å². The van der Waals surface area contributed by atoms with Gasteiger partial charge in [0.05, 0.1) is 6.04 Å². The number of hydrogen-bond acceptors (Lipinski definition) is 2. The number of nitrogens with one attached hydrogen (secondary N) is 1. The highest BCUT2D eigenvalue weighted by atomic mass is 35.5. The second kappa shape index (κ2) is 9.47. The first-order valence-electron chi connectivity index (χ1n) is 10.4. The van der Waals surface area contributed by atoms with Gasteiger partial charge in [0.15, 0.2) is 6.10 Å². The van der Waals surface area contributed by atoms with Gasteiger partial charge in [-0.3, -0.25) is 4.79 Å². The summed E-state index contributed by atoms with van der Waals surface area (Å²) in [6, 6.07) is 12.2. The number of halogens is 1. The second-order valence-electron chi connectivity index (χ2n) is 7.63. The minimum absolute atomic E-state index is 0.00401. The molecule has 2 aromatic rings. The second-order valence-corrected chi connectivity index (χ2v) is 8.04. The number of hydrogen-bond donors (Lipinski definition) is 1. The molecule has 4 heteroatoms. The lowest BCUT2D eigenvalue weighted by Crippen LogP contribution is -2.40. The van der Waals surface area contributed by atoms with E-state index in [9.17, 15) is 4.79 Å². The van der Waals surface area contributed by atoms with Crippen molar-refractivity contribution in [3.63, 3.8) is 0 Å². The van der Waals surface area contributed by atoms with Gasteiger partial charge < -0.3 is 10.1 Å². The molecule has 1 aliphatic carbocycles. The molecule has 0 radical (unpaired) electrons. The number of ether oxygens (including phenoxy) is 1. The summed E-state index contributed by atoms with van der Waals surface area (Å²) in [5.74, 6) is 0.602. The fraction of sp³-hybridized carbons (Fsp3) is 0.458. The summed E-state index contributed by atoms with van der Waals surface area (Å²) in [4.78, 5) is 12.9. The third kappa shape index (κ3) is 4.88. The number of carbonyl (C=O) groups is 1. The van der Waals surface area contributed by atoms with Gasteiger partial charge in [-0.1, -0.05) is 43.6 Å². The Bertz CT molecular complexity index is 833. The van der Waals surface area contributed by atoms with Crippen molar-refractivity contribution in [2.75, 3.05) is 0 Å². The van der Waals surface area contributed by atoms with Crippen LogP contribution in [0.5, 0.6) is 5.75 Å². The smallest absolute Gasteiger partial charge is 0.261 e. The zero-order valence-electron chi connectivity index (χ0n) is 17.1. The van der Waals surface area contributed by atoms with E-state index in [1.807, 2.05) is 26.0 Å². The van der Waals surface area contributed by atoms with E-state index in [0.29, 0.717) is 17.2 Å². The van der Waals surface area contributed by atoms with Crippen LogP contribution in [-0.4, -0.2) is 12.0 Å². The molecule has 0 heterocycles. The molecule has 0 bridgehead atoms. The van der Waals surface area contributed by atoms with Gasteiger partial charge in [0.1, 0.15) is 5.75 Å². The third-order valence-electron chi connectivity index (χ3n) is 5.57. The maximum absolute atomic E-state index is 12.9. The molecule has 2 aromatic carbocycles. The maximum Gasteiger partial charge on any atom is 0.261 e. The zero-order valence-corrected chi connectivity index (χ0v) is 17.8. The Morgan fingerprint density at radius 3 is 2.50 bits per heavy atom. The molecule has 3 nitrogen and oxygen atoms in total. The van der Waals surface area contributed by atoms with E-state index in [2.05, 4.69) is 30.4 Å². The van der Waals surface area contributed by atoms with Crippen LogP contribution in [0.3, 0.4) is 0 Å². The standard InChI is InChI=1S/C24H30ClNO2/c1-4-22(19-11-10-17-8-6-7-9-18(17)15-19)26-24(27)23(5-2)28-20-12-13-21(25)16(3)14-20/h10-15,22-23H,4-9H2,1-3H3,(H,26,27)/t22-,23+/m0/s1. The van der Waals surface area contributed by atoms with E-state index >= 15 is 0 Å². The largest absolute Gasteiger partial charge is 0.481 e. The maximum atomic E-state index is 12.9. The van der Waals surface area contributed by atoms with Gasteiger partial charge in [0.2, 0.25) is 0 Å². The summed E-state index contributed by atoms with van der Waals surface area (Å²) in [6.07, 6.45) is 5.78. The van der Waals surface area contributed by atoms with Crippen molar-refractivity contribution in [2.24, 2.45) is 0 Å². The Balaban J connectivity index is 1.70. The Morgan fingerprint density at radius 2 is 1.82 bits per heavy atom. The molecule has 0 unspecified atom stereocenters. The van der Waals surface area contributed by atoms with Crippen LogP contribution >= 0.6 is 11.6 Å². The first-order chi connectivity index (χ1) is 13.5. The van der Waals surface area contributed by atoms with Crippen LogP contribution in [0.2, 0.25) is 5.02 Å². The lowest BCUT2D eigenvalue weighted by molar-refractivity contribution is -0.128. The van der Waals surface area contributed by atoms with Crippen LogP contribution in [0.25, 0.3) is 0 Å². The van der Waals surface area contributed by atoms with Crippen LogP contribution < -0.4 is 10.1 Å². The van der Waals surface area contributed by atoms with Crippen molar-refractivity contribution in [3.05, 3.63) is 63.7 Å². The van der Waals surface area contributed by atoms with Crippen LogP contribution in [0.4, 0.5) is 0 Å². The van der Waals surface area contributed by atoms with E-state index < -0.39 is 6.10 Å². The zero-order chi connectivity index (χ0) is 20.1. The first-order valence-corrected chi connectivity index (χ1v) is 10.7. The molecule has 0 fully saturated rings. The highest BCUT2D eigenvalue weighted by Crippen LogP contribution is 2.27. The van der Waals surface area contributed by atoms with Crippen LogP contribution in [0, 0.1) is 6.92 Å². The van der Waals surface area contributed by atoms with Gasteiger partial charge in [-0.15, -0.1) is 0 Å². The predicted molar refractivity (Wildman–Crippen MR) is 115 cm³/mol. The Morgan fingerprint density at radius 1 is 1.07 bits per heavy atom. The van der Waals surface area contributed by atoms with Gasteiger partial charge >= 0.3 is 0 Å². The topological polar surface area (TPSA) is 38.3 Å². The molecule has 1 amide bonds. The van der Waals surface area contributed by atoms with Gasteiger partial charge in [0.25, 0.3) is 5.91 Å². The SMILES string of the molecule is CC[C@H](NC(=O)[C@@H](CC)Oc1ccc(Cl)c(C)c1)c1ccc2c(c1)CCCC2. The molecule has 28 heavy (non-hydrogen) atoms. The normalized spacial score (nSPS) is 15.4. The summed E-state index contributed by atoms with van der Waals surface area (Å²) >= 11 is 6.08. The van der Waals surface area contributed by atoms with Crippen molar-refractivity contribution in [2.45, 2.75) is 71.4 Å². The van der Waals surface area contributed by atoms with Gasteiger partial charge in [-0.2, -0.15) is 0 Å². The minimum Gasteiger partial charge on any atom is -0.481 e. The average Bonchev–Trinajstić information content (AvgIpc) is 2.72. The van der Waals surface area contributed by atoms with Gasteiger partial charge in [-0.05, 0) is 85.9 Å². The quantitative estimate of drug-likeness (QED) is 0.624. The number of carbonyl (C=O) groups excluding carboxylic acids is 1. The molecule has 0 aliphatic heterocycles. The Kier molecular flexibility index (Phi) is 7.01. The van der Waals surface area contributed by atoms with E-state index in [1.54, 1.807) is 6.07 Å². The summed E-state index contributed by atoms with van der Waals surface area (Å²) in [5, 5.41) is 3.89. The van der Waals surface area contributed by atoms with Crippen molar-refractivity contribution in [1.29, 1.82) is 0 Å². The molecule has 0 aromatic heterocycles. The molecule has 2 atom stereocenters. The third-order valence-corrected chi connectivity index (χ3v) is 5.99. The molecular formula is C24H30ClNO2. The summed E-state index contributed by atoms with van der Waals surface area (Å²) < 4.78 is 5.96. The molecule has 1 aliphatic rings. The van der Waals surface area contributed by atoms with Crippen molar-refractivity contribution in [1.82, 2.24) is 5.32 Å². The predicted octanol–water partition coefficient (Wildman–Crippen LogP) is 5.95. The highest BCUT2D eigenvalue weighted by molar-refractivity contribution is 6.31. The number of benzene rings is 2. The average molecular weight is 400 g/mol. The summed E-state index contributed by atoms with van der Waals surface area (Å²) in [6.45, 7) is 6.00. The van der Waals surface area contributed by atoms with Crippen LogP contribution in [0.15, 0.2) is 36.4 Å². The number of fused-ring (bicyclic) bond motifs is 1. The molecule has 0 saturated heterocycles. The minimum atomic E-state index is -0.521. The van der Waals surface area contributed by atoms with Crippen molar-refractivity contribution < 1.29 is 9.53 Å². The Hall–Kier alpha value is -2.00. The van der Waals surface area contributed by atoms with E-state index in [-0.39, 0.29) is 11.9 Å².